The zero-order valence-electron chi connectivity index (χ0n) is 21.7. The molecule has 14 heteroatoms. The number of benzene rings is 1. The van der Waals surface area contributed by atoms with Crippen LogP contribution in [0.15, 0.2) is 30.6 Å². The molecular formula is C24H31F2N7O4S. The Balaban J connectivity index is 2.02. The number of ether oxygens (including phenoxy) is 1. The molecule has 1 aromatic carbocycles. The molecule has 0 bridgehead atoms. The number of rotatable bonds is 11. The first kappa shape index (κ1) is 28.8. The highest BCUT2D eigenvalue weighted by molar-refractivity contribution is 7.92. The van der Waals surface area contributed by atoms with Crippen molar-refractivity contribution in [2.45, 2.75) is 46.2 Å². The largest absolute Gasteiger partial charge is 0.453 e. The lowest BCUT2D eigenvalue weighted by molar-refractivity contribution is 0.168. The van der Waals surface area contributed by atoms with Crippen LogP contribution in [0.1, 0.15) is 40.2 Å². The minimum absolute atomic E-state index is 0.0981. The molecule has 0 fully saturated rings. The number of anilines is 2. The summed E-state index contributed by atoms with van der Waals surface area (Å²) in [6.07, 6.45) is 2.89. The minimum Gasteiger partial charge on any atom is -0.453 e. The summed E-state index contributed by atoms with van der Waals surface area (Å²) >= 11 is 0. The quantitative estimate of drug-likeness (QED) is 0.323. The van der Waals surface area contributed by atoms with E-state index in [1.54, 1.807) is 30.8 Å². The zero-order valence-corrected chi connectivity index (χ0v) is 22.6. The Morgan fingerprint density at radius 1 is 1.16 bits per heavy atom. The maximum Gasteiger partial charge on any atom is 0.407 e. The smallest absolute Gasteiger partial charge is 0.407 e. The molecular weight excluding hydrogens is 520 g/mol. The van der Waals surface area contributed by atoms with E-state index in [0.29, 0.717) is 17.8 Å². The third-order valence-electron chi connectivity index (χ3n) is 5.39. The molecule has 0 unspecified atom stereocenters. The van der Waals surface area contributed by atoms with E-state index in [0.717, 1.165) is 6.07 Å². The molecule has 0 aliphatic heterocycles. The first-order chi connectivity index (χ1) is 18.0. The third-order valence-corrected chi connectivity index (χ3v) is 6.85. The molecule has 0 spiro atoms. The van der Waals surface area contributed by atoms with Gasteiger partial charge in [0.1, 0.15) is 17.2 Å². The fourth-order valence-electron chi connectivity index (χ4n) is 3.50. The van der Waals surface area contributed by atoms with Crippen LogP contribution >= 0.6 is 0 Å². The van der Waals surface area contributed by atoms with Crippen LogP contribution in [0.3, 0.4) is 0 Å². The summed E-state index contributed by atoms with van der Waals surface area (Å²) in [7, 11) is -2.68. The summed E-state index contributed by atoms with van der Waals surface area (Å²) in [6.45, 7) is 7.48. The summed E-state index contributed by atoms with van der Waals surface area (Å²) < 4.78 is 62.8. The van der Waals surface area contributed by atoms with Gasteiger partial charge in [0, 0.05) is 42.1 Å². The second kappa shape index (κ2) is 12.2. The molecule has 1 amide bonds. The predicted octanol–water partition coefficient (Wildman–Crippen LogP) is 4.17. The second-order valence-corrected chi connectivity index (χ2v) is 10.7. The van der Waals surface area contributed by atoms with Crippen molar-refractivity contribution in [1.29, 1.82) is 0 Å². The van der Waals surface area contributed by atoms with Gasteiger partial charge in [0.05, 0.1) is 18.6 Å². The van der Waals surface area contributed by atoms with Crippen LogP contribution < -0.4 is 15.4 Å². The lowest BCUT2D eigenvalue weighted by Gasteiger charge is -2.14. The Kier molecular flexibility index (Phi) is 9.20. The summed E-state index contributed by atoms with van der Waals surface area (Å²) in [4.78, 5) is 20.1. The van der Waals surface area contributed by atoms with Crippen LogP contribution in [0.25, 0.3) is 22.5 Å². The molecule has 2 heterocycles. The van der Waals surface area contributed by atoms with Gasteiger partial charge in [-0.2, -0.15) is 5.10 Å². The van der Waals surface area contributed by atoms with Crippen molar-refractivity contribution in [1.82, 2.24) is 25.1 Å². The van der Waals surface area contributed by atoms with E-state index < -0.39 is 33.4 Å². The number of hydrogen-bond donors (Lipinski definition) is 3. The van der Waals surface area contributed by atoms with Gasteiger partial charge in [-0.3, -0.25) is 9.40 Å². The van der Waals surface area contributed by atoms with Crippen LogP contribution in [-0.2, 0) is 14.8 Å². The highest BCUT2D eigenvalue weighted by Crippen LogP contribution is 2.36. The van der Waals surface area contributed by atoms with Crippen LogP contribution in [-0.4, -0.2) is 59.7 Å². The van der Waals surface area contributed by atoms with Crippen molar-refractivity contribution in [3.8, 4) is 22.5 Å². The zero-order chi connectivity index (χ0) is 28.0. The summed E-state index contributed by atoms with van der Waals surface area (Å²) in [5.74, 6) is -2.17. The number of carbonyl (C=O) groups is 1. The molecule has 0 saturated carbocycles. The van der Waals surface area contributed by atoms with Crippen LogP contribution in [0, 0.1) is 11.6 Å². The summed E-state index contributed by atoms with van der Waals surface area (Å²) in [5.41, 5.74) is 0.113. The molecule has 38 heavy (non-hydrogen) atoms. The van der Waals surface area contributed by atoms with Crippen molar-refractivity contribution in [3.63, 3.8) is 0 Å². The van der Waals surface area contributed by atoms with E-state index in [9.17, 15) is 17.6 Å². The van der Waals surface area contributed by atoms with E-state index >= 15 is 4.39 Å². The molecule has 0 radical (unpaired) electrons. The monoisotopic (exact) mass is 551 g/mol. The Morgan fingerprint density at radius 3 is 2.55 bits per heavy atom. The Labute approximate surface area is 220 Å². The lowest BCUT2D eigenvalue weighted by Crippen LogP contribution is -2.37. The molecule has 3 rings (SSSR count). The number of nitrogens with one attached hydrogen (secondary N) is 3. The van der Waals surface area contributed by atoms with Gasteiger partial charge in [0.2, 0.25) is 16.0 Å². The normalized spacial score (nSPS) is 12.3. The van der Waals surface area contributed by atoms with Gasteiger partial charge in [-0.15, -0.1) is 0 Å². The fourth-order valence-corrected chi connectivity index (χ4v) is 4.63. The minimum atomic E-state index is -3.95. The topological polar surface area (TPSA) is 140 Å². The number of methoxy groups -OCH3 is 1. The average Bonchev–Trinajstić information content (AvgIpc) is 3.31. The molecule has 0 aliphatic rings. The molecule has 2 aromatic heterocycles. The standard InChI is InChI=1S/C24H31F2N7O4S/c1-6-11-38(35,36)32-22-18(25)8-7-16(20(22)26)21-17(13-33(31-21)14(2)3)19-9-10-27-23(30-19)28-12-15(4)29-24(34)37-5/h7-10,13-15,32H,6,11-12H2,1-5H3,(H,29,34)(H,27,28,30)/t15-/m0/s1. The van der Waals surface area contributed by atoms with Gasteiger partial charge in [0.25, 0.3) is 0 Å². The SMILES string of the molecule is CCCS(=O)(=O)Nc1c(F)ccc(-c2nn(C(C)C)cc2-c2ccnc(NC[C@H](C)NC(=O)OC)n2)c1F. The predicted molar refractivity (Wildman–Crippen MR) is 140 cm³/mol. The van der Waals surface area contributed by atoms with Crippen molar-refractivity contribution < 1.29 is 26.7 Å². The molecule has 1 atom stereocenters. The molecule has 0 aliphatic carbocycles. The molecule has 0 saturated heterocycles. The first-order valence-electron chi connectivity index (χ1n) is 12.0. The summed E-state index contributed by atoms with van der Waals surface area (Å²) in [5, 5.41) is 10.1. The average molecular weight is 552 g/mol. The molecule has 11 nitrogen and oxygen atoms in total. The summed E-state index contributed by atoms with van der Waals surface area (Å²) in [6, 6.07) is 3.41. The van der Waals surface area contributed by atoms with Gasteiger partial charge in [0.15, 0.2) is 5.82 Å². The van der Waals surface area contributed by atoms with Crippen molar-refractivity contribution in [2.75, 3.05) is 29.4 Å². The van der Waals surface area contributed by atoms with Gasteiger partial charge in [-0.05, 0) is 45.4 Å². The van der Waals surface area contributed by atoms with Gasteiger partial charge in [-0.25, -0.2) is 32.0 Å². The number of aromatic nitrogens is 4. The maximum absolute atomic E-state index is 15.6. The lowest BCUT2D eigenvalue weighted by atomic mass is 10.0. The van der Waals surface area contributed by atoms with E-state index in [1.807, 2.05) is 18.6 Å². The molecule has 3 aromatic rings. The van der Waals surface area contributed by atoms with Crippen molar-refractivity contribution in [2.24, 2.45) is 0 Å². The fraction of sp³-hybridized carbons (Fsp3) is 0.417. The molecule has 3 N–H and O–H groups in total. The molecule has 206 valence electrons. The number of carbonyl (C=O) groups excluding carboxylic acids is 1. The number of amides is 1. The van der Waals surface area contributed by atoms with Crippen LogP contribution in [0.5, 0.6) is 0 Å². The number of sulfonamides is 1. The Bertz CT molecular complexity index is 1400. The second-order valence-electron chi connectivity index (χ2n) is 8.85. The Hall–Kier alpha value is -3.81. The van der Waals surface area contributed by atoms with Crippen molar-refractivity contribution >= 4 is 27.8 Å². The first-order valence-corrected chi connectivity index (χ1v) is 13.6. The number of alkyl carbamates (subject to hydrolysis) is 1. The van der Waals surface area contributed by atoms with E-state index in [1.165, 1.54) is 19.4 Å². The Morgan fingerprint density at radius 2 is 1.89 bits per heavy atom. The number of halogens is 2. The highest BCUT2D eigenvalue weighted by atomic mass is 32.2. The highest BCUT2D eigenvalue weighted by Gasteiger charge is 2.24. The van der Waals surface area contributed by atoms with E-state index in [-0.39, 0.29) is 41.5 Å². The number of nitrogens with zero attached hydrogens (tertiary/aromatic N) is 4. The maximum atomic E-state index is 15.6. The van der Waals surface area contributed by atoms with E-state index in [4.69, 9.17) is 0 Å². The third kappa shape index (κ3) is 6.94. The van der Waals surface area contributed by atoms with E-state index in [2.05, 4.69) is 30.4 Å². The number of hydrogen-bond acceptors (Lipinski definition) is 8. The van der Waals surface area contributed by atoms with Gasteiger partial charge in [-0.1, -0.05) is 6.92 Å². The van der Waals surface area contributed by atoms with Gasteiger partial charge >= 0.3 is 6.09 Å². The van der Waals surface area contributed by atoms with Crippen molar-refractivity contribution in [3.05, 3.63) is 42.2 Å². The van der Waals surface area contributed by atoms with Crippen LogP contribution in [0.4, 0.5) is 25.2 Å². The van der Waals surface area contributed by atoms with Gasteiger partial charge < -0.3 is 15.4 Å². The van der Waals surface area contributed by atoms with Crippen LogP contribution in [0.2, 0.25) is 0 Å².